The van der Waals surface area contributed by atoms with E-state index in [1.165, 1.54) is 12.0 Å². The second kappa shape index (κ2) is 6.57. The van der Waals surface area contributed by atoms with Crippen LogP contribution in [0, 0.1) is 0 Å². The first-order valence-corrected chi connectivity index (χ1v) is 8.46. The van der Waals surface area contributed by atoms with Crippen LogP contribution in [0.15, 0.2) is 64.3 Å². The third-order valence-corrected chi connectivity index (χ3v) is 4.81. The molecule has 0 saturated carbocycles. The number of pyridine rings is 1. The normalized spacial score (nSPS) is 18.8. The highest BCUT2D eigenvalue weighted by atomic mass is 16.3. The van der Waals surface area contributed by atoms with Crippen LogP contribution >= 0.6 is 0 Å². The van der Waals surface area contributed by atoms with Gasteiger partial charge in [-0.2, -0.15) is 0 Å². The molecule has 0 amide bonds. The van der Waals surface area contributed by atoms with Crippen molar-refractivity contribution in [3.05, 3.63) is 76.4 Å². The zero-order valence-corrected chi connectivity index (χ0v) is 13.5. The van der Waals surface area contributed by atoms with Gasteiger partial charge in [-0.05, 0) is 43.1 Å². The summed E-state index contributed by atoms with van der Waals surface area (Å²) in [7, 11) is 0. The summed E-state index contributed by atoms with van der Waals surface area (Å²) in [6.07, 6.45) is 8.84. The average Bonchev–Trinajstić information content (AvgIpc) is 2.65. The van der Waals surface area contributed by atoms with E-state index in [1.54, 1.807) is 12.5 Å². The molecular formula is C20H20N2O2. The molecule has 1 aliphatic rings. The van der Waals surface area contributed by atoms with Crippen molar-refractivity contribution in [1.82, 2.24) is 9.88 Å². The number of fused-ring (bicyclic) bond motifs is 1. The minimum absolute atomic E-state index is 0.0763. The summed E-state index contributed by atoms with van der Waals surface area (Å²) >= 11 is 0. The number of para-hydroxylation sites is 1. The van der Waals surface area contributed by atoms with Crippen LogP contribution in [0.1, 0.15) is 36.4 Å². The van der Waals surface area contributed by atoms with E-state index in [4.69, 9.17) is 4.42 Å². The molecule has 0 radical (unpaired) electrons. The maximum Gasteiger partial charge on any atom is 0.197 e. The van der Waals surface area contributed by atoms with E-state index in [0.29, 0.717) is 23.6 Å². The summed E-state index contributed by atoms with van der Waals surface area (Å²) in [6, 6.07) is 11.8. The number of benzene rings is 1. The first-order valence-electron chi connectivity index (χ1n) is 8.46. The van der Waals surface area contributed by atoms with Gasteiger partial charge >= 0.3 is 0 Å². The van der Waals surface area contributed by atoms with Crippen LogP contribution in [0.2, 0.25) is 0 Å². The summed E-state index contributed by atoms with van der Waals surface area (Å²) < 4.78 is 5.67. The number of hydrogen-bond acceptors (Lipinski definition) is 4. The second-order valence-electron chi connectivity index (χ2n) is 6.35. The quantitative estimate of drug-likeness (QED) is 0.734. The van der Waals surface area contributed by atoms with Crippen molar-refractivity contribution in [3.8, 4) is 0 Å². The molecule has 3 aromatic rings. The van der Waals surface area contributed by atoms with E-state index in [0.717, 1.165) is 24.9 Å². The predicted octanol–water partition coefficient (Wildman–Crippen LogP) is 3.92. The lowest BCUT2D eigenvalue weighted by Crippen LogP contribution is -2.34. The third-order valence-electron chi connectivity index (χ3n) is 4.81. The van der Waals surface area contributed by atoms with Gasteiger partial charge in [-0.15, -0.1) is 0 Å². The number of rotatable bonds is 3. The molecule has 0 N–H and O–H groups in total. The van der Waals surface area contributed by atoms with Gasteiger partial charge in [-0.25, -0.2) is 0 Å². The van der Waals surface area contributed by atoms with Crippen molar-refractivity contribution in [3.63, 3.8) is 0 Å². The monoisotopic (exact) mass is 320 g/mol. The standard InChI is InChI=1S/C20H20N2O2/c23-20-16(14-24-19-9-2-1-7-17(19)20)13-22-11-4-3-8-18(22)15-6-5-10-21-12-15/h1-2,5-7,9-10,12,14,18H,3-4,8,11,13H2/t18-/m0/s1. The maximum absolute atomic E-state index is 12.7. The van der Waals surface area contributed by atoms with Crippen molar-refractivity contribution >= 4 is 11.0 Å². The van der Waals surface area contributed by atoms with Crippen molar-refractivity contribution in [2.75, 3.05) is 6.54 Å². The van der Waals surface area contributed by atoms with Crippen molar-refractivity contribution in [2.45, 2.75) is 31.8 Å². The molecule has 122 valence electrons. The van der Waals surface area contributed by atoms with Gasteiger partial charge in [0.25, 0.3) is 0 Å². The van der Waals surface area contributed by atoms with Crippen LogP contribution in [0.25, 0.3) is 11.0 Å². The molecule has 1 saturated heterocycles. The Hall–Kier alpha value is -2.46. The molecule has 1 aromatic carbocycles. The summed E-state index contributed by atoms with van der Waals surface area (Å²) in [5.74, 6) is 0. The Kier molecular flexibility index (Phi) is 4.13. The van der Waals surface area contributed by atoms with Crippen molar-refractivity contribution in [2.24, 2.45) is 0 Å². The SMILES string of the molecule is O=c1c(CN2CCCC[C@H]2c2cccnc2)coc2ccccc12. The van der Waals surface area contributed by atoms with Gasteiger partial charge in [0.05, 0.1) is 11.6 Å². The Morgan fingerprint density at radius 1 is 1.17 bits per heavy atom. The van der Waals surface area contributed by atoms with Gasteiger partial charge in [-0.1, -0.05) is 24.6 Å². The molecule has 0 bridgehead atoms. The van der Waals surface area contributed by atoms with E-state index in [2.05, 4.69) is 16.0 Å². The summed E-state index contributed by atoms with van der Waals surface area (Å²) in [5, 5.41) is 0.657. The van der Waals surface area contributed by atoms with Crippen LogP contribution in [-0.2, 0) is 6.54 Å². The highest BCUT2D eigenvalue weighted by molar-refractivity contribution is 5.76. The van der Waals surface area contributed by atoms with Crippen molar-refractivity contribution in [1.29, 1.82) is 0 Å². The molecule has 4 rings (SSSR count). The molecular weight excluding hydrogens is 300 g/mol. The van der Waals surface area contributed by atoms with Crippen molar-refractivity contribution < 1.29 is 4.42 Å². The van der Waals surface area contributed by atoms with E-state index in [-0.39, 0.29) is 5.43 Å². The smallest absolute Gasteiger partial charge is 0.197 e. The molecule has 1 atom stereocenters. The Labute approximate surface area is 140 Å². The zero-order valence-electron chi connectivity index (χ0n) is 13.5. The summed E-state index contributed by atoms with van der Waals surface area (Å²) in [5.41, 5.74) is 2.67. The van der Waals surface area contributed by atoms with Crippen LogP contribution in [0.5, 0.6) is 0 Å². The Bertz CT molecular complexity index is 889. The van der Waals surface area contributed by atoms with E-state index < -0.39 is 0 Å². The molecule has 1 fully saturated rings. The summed E-state index contributed by atoms with van der Waals surface area (Å²) in [6.45, 7) is 1.61. The average molecular weight is 320 g/mol. The lowest BCUT2D eigenvalue weighted by atomic mass is 9.96. The predicted molar refractivity (Wildman–Crippen MR) is 93.7 cm³/mol. The van der Waals surface area contributed by atoms with Gasteiger partial charge in [0.1, 0.15) is 5.58 Å². The van der Waals surface area contributed by atoms with E-state index in [1.807, 2.05) is 36.5 Å². The fourth-order valence-corrected chi connectivity index (χ4v) is 3.58. The van der Waals surface area contributed by atoms with E-state index in [9.17, 15) is 4.79 Å². The van der Waals surface area contributed by atoms with Gasteiger partial charge < -0.3 is 4.42 Å². The number of aromatic nitrogens is 1. The molecule has 0 unspecified atom stereocenters. The fraction of sp³-hybridized carbons (Fsp3) is 0.300. The van der Waals surface area contributed by atoms with Gasteiger partial charge in [-0.3, -0.25) is 14.7 Å². The molecule has 4 heteroatoms. The van der Waals surface area contributed by atoms with E-state index >= 15 is 0 Å². The second-order valence-corrected chi connectivity index (χ2v) is 6.35. The molecule has 0 aliphatic carbocycles. The molecule has 24 heavy (non-hydrogen) atoms. The zero-order chi connectivity index (χ0) is 16.4. The third kappa shape index (κ3) is 2.85. The lowest BCUT2D eigenvalue weighted by molar-refractivity contribution is 0.139. The van der Waals surface area contributed by atoms with Crippen LogP contribution in [0.4, 0.5) is 0 Å². The highest BCUT2D eigenvalue weighted by Crippen LogP contribution is 2.31. The molecule has 2 aromatic heterocycles. The minimum atomic E-state index is 0.0763. The van der Waals surface area contributed by atoms with Crippen LogP contribution in [0.3, 0.4) is 0 Å². The van der Waals surface area contributed by atoms with Gasteiger partial charge in [0, 0.05) is 30.5 Å². The number of piperidine rings is 1. The first-order chi connectivity index (χ1) is 11.8. The van der Waals surface area contributed by atoms with Gasteiger partial charge in [0.2, 0.25) is 0 Å². The topological polar surface area (TPSA) is 46.3 Å². The van der Waals surface area contributed by atoms with Crippen LogP contribution in [-0.4, -0.2) is 16.4 Å². The Morgan fingerprint density at radius 3 is 2.96 bits per heavy atom. The number of nitrogens with zero attached hydrogens (tertiary/aromatic N) is 2. The molecule has 3 heterocycles. The molecule has 0 spiro atoms. The Balaban J connectivity index is 1.66. The maximum atomic E-state index is 12.7. The molecule has 4 nitrogen and oxygen atoms in total. The number of hydrogen-bond donors (Lipinski definition) is 0. The fourth-order valence-electron chi connectivity index (χ4n) is 3.58. The van der Waals surface area contributed by atoms with Gasteiger partial charge in [0.15, 0.2) is 5.43 Å². The lowest BCUT2D eigenvalue weighted by Gasteiger charge is -2.35. The van der Waals surface area contributed by atoms with Crippen LogP contribution < -0.4 is 5.43 Å². The number of likely N-dealkylation sites (tertiary alicyclic amines) is 1. The Morgan fingerprint density at radius 2 is 2.08 bits per heavy atom. The largest absolute Gasteiger partial charge is 0.464 e. The minimum Gasteiger partial charge on any atom is -0.464 e. The molecule has 1 aliphatic heterocycles. The first kappa shape index (κ1) is 15.1. The highest BCUT2D eigenvalue weighted by Gasteiger charge is 2.25. The summed E-state index contributed by atoms with van der Waals surface area (Å²) in [4.78, 5) is 19.4.